The number of fused-ring (bicyclic) bond motifs is 1. The Labute approximate surface area is 227 Å². The Bertz CT molecular complexity index is 1670. The predicted molar refractivity (Wildman–Crippen MR) is 139 cm³/mol. The average molecular weight is 546 g/mol. The molecular formula is C28H22F3N7O2. The number of morpholine rings is 1. The second-order valence-electron chi connectivity index (χ2n) is 9.53. The predicted octanol–water partition coefficient (Wildman–Crippen LogP) is 4.43. The van der Waals surface area contributed by atoms with Gasteiger partial charge in [-0.25, -0.2) is 4.98 Å². The molecule has 0 atom stereocenters. The number of hydrogen-bond acceptors (Lipinski definition) is 7. The van der Waals surface area contributed by atoms with Gasteiger partial charge in [0.15, 0.2) is 5.82 Å². The molecule has 2 aromatic carbocycles. The molecule has 1 saturated heterocycles. The highest BCUT2D eigenvalue weighted by molar-refractivity contribution is 6.10. The number of carbonyl (C=O) groups is 1. The molecule has 2 aliphatic rings. The zero-order valence-corrected chi connectivity index (χ0v) is 21.3. The standard InChI is InChI=1S/C28H22F3N7O2/c1-36-16-33-35-26(36)19-6-5-17(14-32)11-21(19)18-12-24(37-7-9-40-10-8-37)34-25(13-18)38-15-22-20(27(38)39)3-2-4-23(22)28(29,30)31/h2-6,11-13,16H,7-10,15H2,1H3. The van der Waals surface area contributed by atoms with E-state index in [-0.39, 0.29) is 23.5 Å². The largest absolute Gasteiger partial charge is 0.416 e. The van der Waals surface area contributed by atoms with E-state index in [4.69, 9.17) is 9.72 Å². The van der Waals surface area contributed by atoms with Crippen LogP contribution in [0.4, 0.5) is 24.8 Å². The van der Waals surface area contributed by atoms with E-state index in [0.717, 1.165) is 6.07 Å². The van der Waals surface area contributed by atoms with Crippen LogP contribution in [0.5, 0.6) is 0 Å². The molecule has 2 aromatic heterocycles. The molecule has 12 heteroatoms. The first-order valence-electron chi connectivity index (χ1n) is 12.5. The number of anilines is 2. The molecule has 202 valence electrons. The summed E-state index contributed by atoms with van der Waals surface area (Å²) >= 11 is 0. The molecule has 1 amide bonds. The minimum absolute atomic E-state index is 0.00111. The van der Waals surface area contributed by atoms with Gasteiger partial charge in [0.05, 0.1) is 37.0 Å². The van der Waals surface area contributed by atoms with Crippen molar-refractivity contribution in [1.82, 2.24) is 19.7 Å². The number of nitriles is 1. The maximum absolute atomic E-state index is 13.8. The number of ether oxygens (including phenoxy) is 1. The lowest BCUT2D eigenvalue weighted by atomic mass is 9.97. The van der Waals surface area contributed by atoms with Crippen molar-refractivity contribution in [1.29, 1.82) is 5.26 Å². The van der Waals surface area contributed by atoms with Gasteiger partial charge in [0.2, 0.25) is 0 Å². The molecule has 40 heavy (non-hydrogen) atoms. The SMILES string of the molecule is Cn1cnnc1-c1ccc(C#N)cc1-c1cc(N2CCOCC2)nc(N2Cc3c(cccc3C(F)(F)F)C2=O)c1. The fourth-order valence-electron chi connectivity index (χ4n) is 5.11. The molecular weight excluding hydrogens is 523 g/mol. The van der Waals surface area contributed by atoms with Crippen molar-refractivity contribution in [3.63, 3.8) is 0 Å². The molecule has 4 heterocycles. The molecule has 0 aliphatic carbocycles. The maximum atomic E-state index is 13.8. The van der Waals surface area contributed by atoms with Gasteiger partial charge in [0, 0.05) is 31.3 Å². The second-order valence-corrected chi connectivity index (χ2v) is 9.53. The topological polar surface area (TPSA) is 100 Å². The zero-order chi connectivity index (χ0) is 28.0. The smallest absolute Gasteiger partial charge is 0.378 e. The fraction of sp³-hybridized carbons (Fsp3) is 0.250. The monoisotopic (exact) mass is 545 g/mol. The van der Waals surface area contributed by atoms with E-state index in [1.165, 1.54) is 17.0 Å². The lowest BCUT2D eigenvalue weighted by Crippen LogP contribution is -2.37. The van der Waals surface area contributed by atoms with Gasteiger partial charge in [0.1, 0.15) is 18.0 Å². The van der Waals surface area contributed by atoms with Gasteiger partial charge in [-0.2, -0.15) is 18.4 Å². The number of nitrogens with zero attached hydrogens (tertiary/aromatic N) is 7. The van der Waals surface area contributed by atoms with Gasteiger partial charge >= 0.3 is 6.18 Å². The number of aromatic nitrogens is 4. The number of amides is 1. The van der Waals surface area contributed by atoms with Crippen LogP contribution in [0.15, 0.2) is 54.9 Å². The second kappa shape index (κ2) is 9.77. The van der Waals surface area contributed by atoms with Crippen molar-refractivity contribution in [2.24, 2.45) is 7.05 Å². The van der Waals surface area contributed by atoms with Gasteiger partial charge < -0.3 is 14.2 Å². The van der Waals surface area contributed by atoms with Gasteiger partial charge in [0.25, 0.3) is 5.91 Å². The van der Waals surface area contributed by atoms with Gasteiger partial charge in [-0.3, -0.25) is 9.69 Å². The van der Waals surface area contributed by atoms with E-state index in [1.807, 2.05) is 11.0 Å². The van der Waals surface area contributed by atoms with E-state index in [0.29, 0.717) is 60.2 Å². The van der Waals surface area contributed by atoms with Crippen molar-refractivity contribution in [2.75, 3.05) is 36.1 Å². The lowest BCUT2D eigenvalue weighted by Gasteiger charge is -2.29. The first-order valence-corrected chi connectivity index (χ1v) is 12.5. The number of pyridine rings is 1. The van der Waals surface area contributed by atoms with Gasteiger partial charge in [-0.1, -0.05) is 6.07 Å². The fourth-order valence-corrected chi connectivity index (χ4v) is 5.11. The Kier molecular flexibility index (Phi) is 6.23. The first kappa shape index (κ1) is 25.5. The van der Waals surface area contributed by atoms with Crippen molar-refractivity contribution in [2.45, 2.75) is 12.7 Å². The van der Waals surface area contributed by atoms with Crippen molar-refractivity contribution < 1.29 is 22.7 Å². The van der Waals surface area contributed by atoms with Crippen LogP contribution in [0, 0.1) is 11.3 Å². The third kappa shape index (κ3) is 4.44. The molecule has 4 aromatic rings. The minimum atomic E-state index is -4.60. The highest BCUT2D eigenvalue weighted by Gasteiger charge is 2.40. The van der Waals surface area contributed by atoms with E-state index >= 15 is 0 Å². The van der Waals surface area contributed by atoms with Crippen molar-refractivity contribution in [3.8, 4) is 28.6 Å². The number of halogens is 3. The van der Waals surface area contributed by atoms with Gasteiger partial charge in [-0.15, -0.1) is 10.2 Å². The molecule has 1 fully saturated rings. The summed E-state index contributed by atoms with van der Waals surface area (Å²) in [6.45, 7) is 1.81. The summed E-state index contributed by atoms with van der Waals surface area (Å²) in [6, 6.07) is 14.5. The lowest BCUT2D eigenvalue weighted by molar-refractivity contribution is -0.138. The zero-order valence-electron chi connectivity index (χ0n) is 21.3. The molecule has 6 rings (SSSR count). The third-order valence-corrected chi connectivity index (χ3v) is 7.10. The van der Waals surface area contributed by atoms with Crippen LogP contribution in [0.25, 0.3) is 22.5 Å². The third-order valence-electron chi connectivity index (χ3n) is 7.10. The minimum Gasteiger partial charge on any atom is -0.378 e. The van der Waals surface area contributed by atoms with Crippen LogP contribution < -0.4 is 9.80 Å². The highest BCUT2D eigenvalue weighted by atomic mass is 19.4. The Morgan fingerprint density at radius 1 is 1.00 bits per heavy atom. The number of carbonyl (C=O) groups excluding carboxylic acids is 1. The number of rotatable bonds is 4. The molecule has 2 aliphatic heterocycles. The Morgan fingerprint density at radius 2 is 1.77 bits per heavy atom. The van der Waals surface area contributed by atoms with E-state index in [9.17, 15) is 23.2 Å². The molecule has 0 spiro atoms. The summed E-state index contributed by atoms with van der Waals surface area (Å²) in [5.74, 6) is 0.754. The van der Waals surface area contributed by atoms with Crippen LogP contribution in [0.3, 0.4) is 0 Å². The van der Waals surface area contributed by atoms with E-state index in [1.54, 1.807) is 42.2 Å². The number of benzene rings is 2. The first-order chi connectivity index (χ1) is 19.2. The molecule has 0 bridgehead atoms. The number of hydrogen-bond donors (Lipinski definition) is 0. The average Bonchev–Trinajstić information content (AvgIpc) is 3.55. The molecule has 0 N–H and O–H groups in total. The Hall–Kier alpha value is -4.76. The molecule has 0 radical (unpaired) electrons. The molecule has 0 saturated carbocycles. The normalized spacial score (nSPS) is 15.3. The number of aryl methyl sites for hydroxylation is 1. The van der Waals surface area contributed by atoms with Crippen LogP contribution in [0.1, 0.15) is 27.0 Å². The summed E-state index contributed by atoms with van der Waals surface area (Å²) in [4.78, 5) is 21.4. The van der Waals surface area contributed by atoms with Crippen molar-refractivity contribution in [3.05, 3.63) is 77.1 Å². The Morgan fingerprint density at radius 3 is 2.48 bits per heavy atom. The van der Waals surface area contributed by atoms with E-state index < -0.39 is 17.6 Å². The molecule has 9 nitrogen and oxygen atoms in total. The summed E-state index contributed by atoms with van der Waals surface area (Å²) in [6.07, 6.45) is -3.04. The summed E-state index contributed by atoms with van der Waals surface area (Å²) in [5, 5.41) is 17.8. The maximum Gasteiger partial charge on any atom is 0.416 e. The highest BCUT2D eigenvalue weighted by Crippen LogP contribution is 2.40. The van der Waals surface area contributed by atoms with E-state index in [2.05, 4.69) is 16.3 Å². The quantitative estimate of drug-likeness (QED) is 0.374. The summed E-state index contributed by atoms with van der Waals surface area (Å²) in [7, 11) is 1.80. The van der Waals surface area contributed by atoms with Crippen molar-refractivity contribution >= 4 is 17.5 Å². The Balaban J connectivity index is 1.52. The summed E-state index contributed by atoms with van der Waals surface area (Å²) in [5.41, 5.74) is 1.46. The van der Waals surface area contributed by atoms with Crippen LogP contribution >= 0.6 is 0 Å². The van der Waals surface area contributed by atoms with Gasteiger partial charge in [-0.05, 0) is 59.2 Å². The van der Waals surface area contributed by atoms with Crippen LogP contribution in [0.2, 0.25) is 0 Å². The number of alkyl halides is 3. The van der Waals surface area contributed by atoms with Crippen LogP contribution in [-0.4, -0.2) is 52.0 Å². The molecule has 0 unspecified atom stereocenters. The van der Waals surface area contributed by atoms with Crippen LogP contribution in [-0.2, 0) is 24.5 Å². The summed E-state index contributed by atoms with van der Waals surface area (Å²) < 4.78 is 48.5.